The van der Waals surface area contributed by atoms with Crippen LogP contribution in [0.3, 0.4) is 0 Å². The molecule has 0 aliphatic carbocycles. The van der Waals surface area contributed by atoms with Gasteiger partial charge in [0.1, 0.15) is 11.9 Å². The third-order valence-electron chi connectivity index (χ3n) is 1.89. The van der Waals surface area contributed by atoms with E-state index in [0.717, 1.165) is 0 Å². The monoisotopic (exact) mass is 220 g/mol. The number of anilines is 1. The SMILES string of the molecule is Cc1cnc(N)c(C(NN)C(F)(F)F)c1. The zero-order valence-electron chi connectivity index (χ0n) is 7.97. The summed E-state index contributed by atoms with van der Waals surface area (Å²) in [7, 11) is 0. The Morgan fingerprint density at radius 2 is 2.07 bits per heavy atom. The summed E-state index contributed by atoms with van der Waals surface area (Å²) in [5, 5.41) is 0. The molecule has 0 amide bonds. The van der Waals surface area contributed by atoms with Crippen molar-refractivity contribution in [3.8, 4) is 0 Å². The molecule has 0 saturated carbocycles. The largest absolute Gasteiger partial charge is 0.409 e. The highest BCUT2D eigenvalue weighted by Crippen LogP contribution is 2.34. The van der Waals surface area contributed by atoms with E-state index in [2.05, 4.69) is 4.98 Å². The van der Waals surface area contributed by atoms with Gasteiger partial charge in [0.2, 0.25) is 0 Å². The van der Waals surface area contributed by atoms with Crippen LogP contribution in [0.2, 0.25) is 0 Å². The Morgan fingerprint density at radius 3 is 2.53 bits per heavy atom. The number of rotatable bonds is 2. The van der Waals surface area contributed by atoms with E-state index < -0.39 is 12.2 Å². The maximum absolute atomic E-state index is 12.5. The summed E-state index contributed by atoms with van der Waals surface area (Å²) in [6.45, 7) is 1.62. The Morgan fingerprint density at radius 1 is 1.47 bits per heavy atom. The summed E-state index contributed by atoms with van der Waals surface area (Å²) in [4.78, 5) is 3.64. The highest BCUT2D eigenvalue weighted by atomic mass is 19.4. The fourth-order valence-corrected chi connectivity index (χ4v) is 1.19. The number of hydrazine groups is 1. The van der Waals surface area contributed by atoms with Crippen molar-refractivity contribution in [3.05, 3.63) is 23.4 Å². The van der Waals surface area contributed by atoms with E-state index in [1.165, 1.54) is 12.3 Å². The predicted molar refractivity (Wildman–Crippen MR) is 49.5 cm³/mol. The second-order valence-electron chi connectivity index (χ2n) is 3.13. The molecule has 0 saturated heterocycles. The van der Waals surface area contributed by atoms with E-state index in [-0.39, 0.29) is 11.4 Å². The van der Waals surface area contributed by atoms with Gasteiger partial charge < -0.3 is 5.73 Å². The quantitative estimate of drug-likeness (QED) is 0.514. The topological polar surface area (TPSA) is 77.0 Å². The molecule has 0 aliphatic rings. The summed E-state index contributed by atoms with van der Waals surface area (Å²) >= 11 is 0. The molecule has 1 aromatic rings. The van der Waals surface area contributed by atoms with Crippen LogP contribution in [0.5, 0.6) is 0 Å². The van der Waals surface area contributed by atoms with Crippen LogP contribution in [0.1, 0.15) is 17.2 Å². The number of aromatic nitrogens is 1. The first-order valence-electron chi connectivity index (χ1n) is 4.11. The number of aryl methyl sites for hydroxylation is 1. The number of hydrogen-bond acceptors (Lipinski definition) is 4. The highest BCUT2D eigenvalue weighted by Gasteiger charge is 2.41. The minimum Gasteiger partial charge on any atom is -0.383 e. The molecule has 0 radical (unpaired) electrons. The average molecular weight is 220 g/mol. The molecule has 0 bridgehead atoms. The van der Waals surface area contributed by atoms with E-state index in [0.29, 0.717) is 5.56 Å². The van der Waals surface area contributed by atoms with Gasteiger partial charge in [0.25, 0.3) is 0 Å². The lowest BCUT2D eigenvalue weighted by molar-refractivity contribution is -0.157. The number of alkyl halides is 3. The van der Waals surface area contributed by atoms with Gasteiger partial charge in [0.05, 0.1) is 0 Å². The van der Waals surface area contributed by atoms with Crippen LogP contribution in [0.4, 0.5) is 19.0 Å². The fourth-order valence-electron chi connectivity index (χ4n) is 1.19. The minimum absolute atomic E-state index is 0.162. The molecule has 1 rings (SSSR count). The van der Waals surface area contributed by atoms with Gasteiger partial charge in [0, 0.05) is 11.8 Å². The van der Waals surface area contributed by atoms with Gasteiger partial charge >= 0.3 is 6.18 Å². The van der Waals surface area contributed by atoms with Gasteiger partial charge in [-0.15, -0.1) is 0 Å². The van der Waals surface area contributed by atoms with Gasteiger partial charge in [-0.25, -0.2) is 10.4 Å². The smallest absolute Gasteiger partial charge is 0.383 e. The molecule has 5 N–H and O–H groups in total. The Labute approximate surface area is 84.4 Å². The van der Waals surface area contributed by atoms with Crippen molar-refractivity contribution in [2.24, 2.45) is 5.84 Å². The Bertz CT molecular complexity index is 350. The lowest BCUT2D eigenvalue weighted by Crippen LogP contribution is -2.39. The minimum atomic E-state index is -4.50. The van der Waals surface area contributed by atoms with Crippen LogP contribution in [0, 0.1) is 6.92 Å². The van der Waals surface area contributed by atoms with Crippen LogP contribution in [-0.4, -0.2) is 11.2 Å². The van der Waals surface area contributed by atoms with E-state index in [4.69, 9.17) is 11.6 Å². The third-order valence-corrected chi connectivity index (χ3v) is 1.89. The van der Waals surface area contributed by atoms with Crippen LogP contribution < -0.4 is 17.0 Å². The van der Waals surface area contributed by atoms with Gasteiger partial charge in [-0.05, 0) is 18.6 Å². The van der Waals surface area contributed by atoms with Crippen molar-refractivity contribution in [2.45, 2.75) is 19.1 Å². The molecule has 0 aromatic carbocycles. The van der Waals surface area contributed by atoms with Crippen molar-refractivity contribution >= 4 is 5.82 Å². The summed E-state index contributed by atoms with van der Waals surface area (Å²) < 4.78 is 37.5. The zero-order chi connectivity index (χ0) is 11.6. The van der Waals surface area contributed by atoms with Crippen molar-refractivity contribution < 1.29 is 13.2 Å². The molecule has 1 aromatic heterocycles. The van der Waals surface area contributed by atoms with Crippen molar-refractivity contribution in [2.75, 3.05) is 5.73 Å². The van der Waals surface area contributed by atoms with Crippen LogP contribution in [0.25, 0.3) is 0 Å². The number of hydrogen-bond donors (Lipinski definition) is 3. The van der Waals surface area contributed by atoms with Crippen molar-refractivity contribution in [1.29, 1.82) is 0 Å². The molecule has 1 unspecified atom stereocenters. The number of nitrogens with zero attached hydrogens (tertiary/aromatic N) is 1. The molecule has 0 aliphatic heterocycles. The second kappa shape index (κ2) is 4.03. The maximum atomic E-state index is 12.5. The number of nitrogens with one attached hydrogen (secondary N) is 1. The van der Waals surface area contributed by atoms with E-state index in [1.807, 2.05) is 0 Å². The van der Waals surface area contributed by atoms with Crippen LogP contribution in [0.15, 0.2) is 12.3 Å². The molecular formula is C8H11F3N4. The number of nitrogen functional groups attached to an aromatic ring is 1. The molecule has 4 nitrogen and oxygen atoms in total. The normalized spacial score (nSPS) is 13.9. The van der Waals surface area contributed by atoms with E-state index in [1.54, 1.807) is 12.3 Å². The predicted octanol–water partition coefficient (Wildman–Crippen LogP) is 1.04. The third kappa shape index (κ3) is 2.57. The zero-order valence-corrected chi connectivity index (χ0v) is 7.97. The Kier molecular flexibility index (Phi) is 3.15. The van der Waals surface area contributed by atoms with E-state index >= 15 is 0 Å². The van der Waals surface area contributed by atoms with Crippen LogP contribution >= 0.6 is 0 Å². The Hall–Kier alpha value is -1.34. The lowest BCUT2D eigenvalue weighted by atomic mass is 10.1. The first-order valence-corrected chi connectivity index (χ1v) is 4.11. The molecule has 1 heterocycles. The standard InChI is InChI=1S/C8H11F3N4/c1-4-2-5(7(12)14-3-4)6(15-13)8(9,10)11/h2-3,6,15H,13H2,1H3,(H2,12,14). The summed E-state index contributed by atoms with van der Waals surface area (Å²) in [6, 6.07) is -0.690. The van der Waals surface area contributed by atoms with Gasteiger partial charge in [-0.1, -0.05) is 0 Å². The Balaban J connectivity index is 3.18. The number of pyridine rings is 1. The second-order valence-corrected chi connectivity index (χ2v) is 3.13. The van der Waals surface area contributed by atoms with Crippen LogP contribution in [-0.2, 0) is 0 Å². The summed E-state index contributed by atoms with van der Waals surface area (Å²) in [6.07, 6.45) is -3.11. The van der Waals surface area contributed by atoms with Crippen molar-refractivity contribution in [3.63, 3.8) is 0 Å². The lowest BCUT2D eigenvalue weighted by Gasteiger charge is -2.20. The average Bonchev–Trinajstić information content (AvgIpc) is 2.10. The molecule has 84 valence electrons. The first-order chi connectivity index (χ1) is 6.86. The van der Waals surface area contributed by atoms with Gasteiger partial charge in [-0.2, -0.15) is 13.2 Å². The summed E-state index contributed by atoms with van der Waals surface area (Å²) in [5.74, 6) is 4.68. The maximum Gasteiger partial charge on any atom is 0.409 e. The molecular weight excluding hydrogens is 209 g/mol. The molecule has 15 heavy (non-hydrogen) atoms. The molecule has 7 heteroatoms. The summed E-state index contributed by atoms with van der Waals surface area (Å²) in [5.41, 5.74) is 7.46. The fraction of sp³-hybridized carbons (Fsp3) is 0.375. The van der Waals surface area contributed by atoms with E-state index in [9.17, 15) is 13.2 Å². The van der Waals surface area contributed by atoms with Crippen molar-refractivity contribution in [1.82, 2.24) is 10.4 Å². The molecule has 1 atom stereocenters. The highest BCUT2D eigenvalue weighted by molar-refractivity contribution is 5.43. The first kappa shape index (κ1) is 11.7. The molecule has 0 fully saturated rings. The molecule has 0 spiro atoms. The number of nitrogens with two attached hydrogens (primary N) is 2. The van der Waals surface area contributed by atoms with Gasteiger partial charge in [0.15, 0.2) is 0 Å². The number of halogens is 3. The van der Waals surface area contributed by atoms with Gasteiger partial charge in [-0.3, -0.25) is 5.84 Å².